The average molecular weight is 240 g/mol. The zero-order chi connectivity index (χ0) is 12.5. The normalized spacial score (nSPS) is 21.6. The molecule has 2 aromatic carbocycles. The van der Waals surface area contributed by atoms with Gasteiger partial charge in [-0.25, -0.2) is 4.39 Å². The van der Waals surface area contributed by atoms with Gasteiger partial charge in [-0.15, -0.1) is 0 Å². The van der Waals surface area contributed by atoms with Gasteiger partial charge in [0.25, 0.3) is 0 Å². The summed E-state index contributed by atoms with van der Waals surface area (Å²) in [5, 5.41) is 0. The third-order valence-corrected chi connectivity index (χ3v) is 3.49. The van der Waals surface area contributed by atoms with E-state index >= 15 is 0 Å². The van der Waals surface area contributed by atoms with E-state index in [9.17, 15) is 9.18 Å². The van der Waals surface area contributed by atoms with Gasteiger partial charge in [-0.05, 0) is 30.0 Å². The van der Waals surface area contributed by atoms with Crippen molar-refractivity contribution in [2.45, 2.75) is 12.3 Å². The summed E-state index contributed by atoms with van der Waals surface area (Å²) in [6, 6.07) is 16.2. The SMILES string of the molecule is O=C(c1ccccc1F)C1CC1c1ccccc1. The van der Waals surface area contributed by atoms with Crippen LogP contribution in [0.1, 0.15) is 28.3 Å². The molecule has 0 saturated heterocycles. The van der Waals surface area contributed by atoms with E-state index in [1.54, 1.807) is 18.2 Å². The summed E-state index contributed by atoms with van der Waals surface area (Å²) in [4.78, 5) is 12.2. The minimum atomic E-state index is -0.416. The van der Waals surface area contributed by atoms with Gasteiger partial charge in [-0.3, -0.25) is 4.79 Å². The van der Waals surface area contributed by atoms with Crippen molar-refractivity contribution in [1.29, 1.82) is 0 Å². The van der Waals surface area contributed by atoms with E-state index in [2.05, 4.69) is 0 Å². The molecule has 2 heteroatoms. The highest BCUT2D eigenvalue weighted by Crippen LogP contribution is 2.49. The quantitative estimate of drug-likeness (QED) is 0.745. The summed E-state index contributed by atoms with van der Waals surface area (Å²) in [7, 11) is 0. The number of carbonyl (C=O) groups excluding carboxylic acids is 1. The number of benzene rings is 2. The van der Waals surface area contributed by atoms with Crippen molar-refractivity contribution in [2.24, 2.45) is 5.92 Å². The van der Waals surface area contributed by atoms with Gasteiger partial charge in [-0.1, -0.05) is 42.5 Å². The number of hydrogen-bond acceptors (Lipinski definition) is 1. The van der Waals surface area contributed by atoms with Crippen molar-refractivity contribution in [3.05, 3.63) is 71.5 Å². The molecule has 1 aliphatic carbocycles. The minimum Gasteiger partial charge on any atom is -0.294 e. The van der Waals surface area contributed by atoms with Gasteiger partial charge in [0.2, 0.25) is 0 Å². The van der Waals surface area contributed by atoms with E-state index < -0.39 is 5.82 Å². The summed E-state index contributed by atoms with van der Waals surface area (Å²) in [5.74, 6) is -0.272. The molecule has 3 rings (SSSR count). The lowest BCUT2D eigenvalue weighted by atomic mass is 10.0. The number of ketones is 1. The summed E-state index contributed by atoms with van der Waals surface area (Å²) in [6.45, 7) is 0. The molecule has 1 aliphatic rings. The first-order valence-electron chi connectivity index (χ1n) is 6.11. The molecule has 1 saturated carbocycles. The van der Waals surface area contributed by atoms with Crippen LogP contribution >= 0.6 is 0 Å². The van der Waals surface area contributed by atoms with Gasteiger partial charge in [0, 0.05) is 5.92 Å². The van der Waals surface area contributed by atoms with Gasteiger partial charge in [-0.2, -0.15) is 0 Å². The lowest BCUT2D eigenvalue weighted by molar-refractivity contribution is 0.0961. The van der Waals surface area contributed by atoms with Crippen LogP contribution in [0.15, 0.2) is 54.6 Å². The lowest BCUT2D eigenvalue weighted by Gasteiger charge is -2.02. The van der Waals surface area contributed by atoms with E-state index in [0.717, 1.165) is 6.42 Å². The predicted octanol–water partition coefficient (Wildman–Crippen LogP) is 3.81. The first kappa shape index (κ1) is 11.1. The van der Waals surface area contributed by atoms with Crippen LogP contribution in [0.5, 0.6) is 0 Å². The Labute approximate surface area is 105 Å². The zero-order valence-electron chi connectivity index (χ0n) is 9.84. The zero-order valence-corrected chi connectivity index (χ0v) is 9.84. The van der Waals surface area contributed by atoms with Crippen molar-refractivity contribution in [3.8, 4) is 0 Å². The number of rotatable bonds is 3. The van der Waals surface area contributed by atoms with Gasteiger partial charge in [0.05, 0.1) is 5.56 Å². The average Bonchev–Trinajstić information content (AvgIpc) is 3.20. The molecule has 0 N–H and O–H groups in total. The lowest BCUT2D eigenvalue weighted by Crippen LogP contribution is -2.05. The second-order valence-corrected chi connectivity index (χ2v) is 4.70. The van der Waals surface area contributed by atoms with Crippen LogP contribution in [0.2, 0.25) is 0 Å². The molecule has 2 atom stereocenters. The Morgan fingerprint density at radius 1 is 1.00 bits per heavy atom. The third kappa shape index (κ3) is 1.94. The summed E-state index contributed by atoms with van der Waals surface area (Å²) < 4.78 is 13.5. The highest BCUT2D eigenvalue weighted by Gasteiger charge is 2.44. The van der Waals surface area contributed by atoms with Crippen LogP contribution in [0.3, 0.4) is 0 Å². The maximum Gasteiger partial charge on any atom is 0.169 e. The Morgan fingerprint density at radius 3 is 2.39 bits per heavy atom. The Bertz CT molecular complexity index is 577. The summed E-state index contributed by atoms with van der Waals surface area (Å²) in [5.41, 5.74) is 1.40. The Balaban J connectivity index is 1.80. The van der Waals surface area contributed by atoms with Crippen LogP contribution < -0.4 is 0 Å². The number of Topliss-reactive ketones (excluding diaryl/α,β-unsaturated/α-hetero) is 1. The van der Waals surface area contributed by atoms with Gasteiger partial charge in [0.1, 0.15) is 5.82 Å². The van der Waals surface area contributed by atoms with E-state index in [1.807, 2.05) is 30.3 Å². The van der Waals surface area contributed by atoms with Gasteiger partial charge < -0.3 is 0 Å². The topological polar surface area (TPSA) is 17.1 Å². The molecule has 0 heterocycles. The van der Waals surface area contributed by atoms with Gasteiger partial charge >= 0.3 is 0 Å². The van der Waals surface area contributed by atoms with E-state index in [0.29, 0.717) is 0 Å². The summed E-state index contributed by atoms with van der Waals surface area (Å²) in [6.07, 6.45) is 0.831. The standard InChI is InChI=1S/C16H13FO/c17-15-9-5-4-8-12(15)16(18)14-10-13(14)11-6-2-1-3-7-11/h1-9,13-14H,10H2. The van der Waals surface area contributed by atoms with E-state index in [1.165, 1.54) is 11.6 Å². The molecule has 0 bridgehead atoms. The molecular weight excluding hydrogens is 227 g/mol. The fourth-order valence-corrected chi connectivity index (χ4v) is 2.41. The second-order valence-electron chi connectivity index (χ2n) is 4.70. The highest BCUT2D eigenvalue weighted by atomic mass is 19.1. The molecule has 1 nitrogen and oxygen atoms in total. The molecule has 0 radical (unpaired) electrons. The van der Waals surface area contributed by atoms with Crippen molar-refractivity contribution in [3.63, 3.8) is 0 Å². The molecule has 0 spiro atoms. The molecule has 2 unspecified atom stereocenters. The highest BCUT2D eigenvalue weighted by molar-refractivity contribution is 6.00. The Hall–Kier alpha value is -1.96. The van der Waals surface area contributed by atoms with Crippen LogP contribution in [-0.2, 0) is 0 Å². The van der Waals surface area contributed by atoms with Crippen molar-refractivity contribution >= 4 is 5.78 Å². The Morgan fingerprint density at radius 2 is 1.67 bits per heavy atom. The largest absolute Gasteiger partial charge is 0.294 e. The second kappa shape index (κ2) is 4.37. The Kier molecular flexibility index (Phi) is 2.71. The maximum atomic E-state index is 13.5. The van der Waals surface area contributed by atoms with Crippen molar-refractivity contribution < 1.29 is 9.18 Å². The molecule has 0 aromatic heterocycles. The van der Waals surface area contributed by atoms with E-state index in [4.69, 9.17) is 0 Å². The minimum absolute atomic E-state index is 0.0516. The third-order valence-electron chi connectivity index (χ3n) is 3.49. The van der Waals surface area contributed by atoms with Crippen LogP contribution in [0.25, 0.3) is 0 Å². The fourth-order valence-electron chi connectivity index (χ4n) is 2.41. The predicted molar refractivity (Wildman–Crippen MR) is 68.0 cm³/mol. The fraction of sp³-hybridized carbons (Fsp3) is 0.188. The van der Waals surface area contributed by atoms with Crippen molar-refractivity contribution in [1.82, 2.24) is 0 Å². The molecule has 90 valence electrons. The molecule has 18 heavy (non-hydrogen) atoms. The number of halogens is 1. The number of carbonyl (C=O) groups is 1. The first-order valence-corrected chi connectivity index (χ1v) is 6.11. The number of hydrogen-bond donors (Lipinski definition) is 0. The molecule has 0 aliphatic heterocycles. The van der Waals surface area contributed by atoms with E-state index in [-0.39, 0.29) is 23.2 Å². The molecular formula is C16H13FO. The molecule has 2 aromatic rings. The van der Waals surface area contributed by atoms with Crippen molar-refractivity contribution in [2.75, 3.05) is 0 Å². The first-order chi connectivity index (χ1) is 8.77. The smallest absolute Gasteiger partial charge is 0.169 e. The van der Waals surface area contributed by atoms with Crippen LogP contribution in [-0.4, -0.2) is 5.78 Å². The van der Waals surface area contributed by atoms with Crippen LogP contribution in [0.4, 0.5) is 4.39 Å². The molecule has 1 fully saturated rings. The van der Waals surface area contributed by atoms with Crippen LogP contribution in [0, 0.1) is 11.7 Å². The summed E-state index contributed by atoms with van der Waals surface area (Å²) >= 11 is 0. The van der Waals surface area contributed by atoms with Gasteiger partial charge in [0.15, 0.2) is 5.78 Å². The monoisotopic (exact) mass is 240 g/mol. The molecule has 0 amide bonds. The maximum absolute atomic E-state index is 13.5.